The van der Waals surface area contributed by atoms with Gasteiger partial charge >= 0.3 is 0 Å². The molecule has 0 fully saturated rings. The van der Waals surface area contributed by atoms with Crippen molar-refractivity contribution in [3.8, 4) is 0 Å². The molecule has 0 spiro atoms. The molecule has 0 bridgehead atoms. The second kappa shape index (κ2) is 4.70. The molecular formula is C10H11BrF2N2. The molecule has 0 atom stereocenters. The first-order chi connectivity index (χ1) is 6.91. The van der Waals surface area contributed by atoms with Crippen molar-refractivity contribution in [2.75, 3.05) is 0 Å². The van der Waals surface area contributed by atoms with Crippen LogP contribution < -0.4 is 5.73 Å². The van der Waals surface area contributed by atoms with E-state index in [1.54, 1.807) is 13.8 Å². The average Bonchev–Trinajstić information content (AvgIpc) is 2.10. The molecule has 0 saturated heterocycles. The van der Waals surface area contributed by atoms with E-state index >= 15 is 0 Å². The standard InChI is InChI=1S/C10H11BrF2N2/c1-5(2)10(14)15-9-7(12)3-6(11)4-8(9)13/h3-5H,1-2H3,(H2,14,15). The summed E-state index contributed by atoms with van der Waals surface area (Å²) in [4.78, 5) is 3.72. The lowest BCUT2D eigenvalue weighted by molar-refractivity contribution is 0.585. The second-order valence-electron chi connectivity index (χ2n) is 3.41. The van der Waals surface area contributed by atoms with E-state index in [4.69, 9.17) is 5.73 Å². The van der Waals surface area contributed by atoms with Gasteiger partial charge in [-0.1, -0.05) is 29.8 Å². The Balaban J connectivity index is 3.21. The lowest BCUT2D eigenvalue weighted by Crippen LogP contribution is -2.18. The Kier molecular flexibility index (Phi) is 3.79. The van der Waals surface area contributed by atoms with Crippen molar-refractivity contribution in [3.05, 3.63) is 28.2 Å². The van der Waals surface area contributed by atoms with Crippen molar-refractivity contribution in [2.24, 2.45) is 16.6 Å². The van der Waals surface area contributed by atoms with Crippen LogP contribution >= 0.6 is 15.9 Å². The minimum Gasteiger partial charge on any atom is -0.387 e. The van der Waals surface area contributed by atoms with Gasteiger partial charge < -0.3 is 5.73 Å². The van der Waals surface area contributed by atoms with Crippen LogP contribution in [0, 0.1) is 17.6 Å². The molecule has 0 aliphatic carbocycles. The van der Waals surface area contributed by atoms with Gasteiger partial charge in [0.15, 0.2) is 11.6 Å². The van der Waals surface area contributed by atoms with Gasteiger partial charge in [-0.15, -0.1) is 0 Å². The third kappa shape index (κ3) is 2.99. The zero-order valence-electron chi connectivity index (χ0n) is 8.39. The summed E-state index contributed by atoms with van der Waals surface area (Å²) in [6.45, 7) is 3.60. The molecule has 0 aliphatic heterocycles. The van der Waals surface area contributed by atoms with Gasteiger partial charge in [0.2, 0.25) is 0 Å². The van der Waals surface area contributed by atoms with E-state index in [0.29, 0.717) is 4.47 Å². The molecule has 15 heavy (non-hydrogen) atoms. The van der Waals surface area contributed by atoms with Crippen molar-refractivity contribution in [3.63, 3.8) is 0 Å². The smallest absolute Gasteiger partial charge is 0.153 e. The third-order valence-electron chi connectivity index (χ3n) is 1.81. The van der Waals surface area contributed by atoms with Gasteiger partial charge in [0.25, 0.3) is 0 Å². The van der Waals surface area contributed by atoms with E-state index in [-0.39, 0.29) is 17.4 Å². The summed E-state index contributed by atoms with van der Waals surface area (Å²) < 4.78 is 26.9. The summed E-state index contributed by atoms with van der Waals surface area (Å²) in [5.74, 6) is -1.31. The minimum absolute atomic E-state index is 0.0487. The molecule has 0 radical (unpaired) electrons. The third-order valence-corrected chi connectivity index (χ3v) is 2.27. The number of hydrogen-bond donors (Lipinski definition) is 1. The number of aliphatic imine (C=N–C) groups is 1. The number of nitrogens with two attached hydrogens (primary N) is 1. The van der Waals surface area contributed by atoms with E-state index < -0.39 is 11.6 Å². The lowest BCUT2D eigenvalue weighted by Gasteiger charge is -2.05. The number of amidine groups is 1. The second-order valence-corrected chi connectivity index (χ2v) is 4.33. The number of halogens is 3. The predicted octanol–water partition coefficient (Wildman–Crippen LogP) is 3.37. The Morgan fingerprint density at radius 1 is 1.33 bits per heavy atom. The summed E-state index contributed by atoms with van der Waals surface area (Å²) in [7, 11) is 0. The minimum atomic E-state index is -0.731. The fourth-order valence-electron chi connectivity index (χ4n) is 0.900. The summed E-state index contributed by atoms with van der Waals surface area (Å²) >= 11 is 2.98. The van der Waals surface area contributed by atoms with Gasteiger partial charge in [-0.05, 0) is 12.1 Å². The maximum absolute atomic E-state index is 13.3. The summed E-state index contributed by atoms with van der Waals surface area (Å²) in [6.07, 6.45) is 0. The molecule has 2 nitrogen and oxygen atoms in total. The number of nitrogens with zero attached hydrogens (tertiary/aromatic N) is 1. The van der Waals surface area contributed by atoms with Crippen LogP contribution in [0.4, 0.5) is 14.5 Å². The van der Waals surface area contributed by atoms with Crippen LogP contribution in [0.5, 0.6) is 0 Å². The van der Waals surface area contributed by atoms with Crippen LogP contribution in [0.1, 0.15) is 13.8 Å². The van der Waals surface area contributed by atoms with Crippen molar-refractivity contribution in [1.29, 1.82) is 0 Å². The molecule has 2 N–H and O–H groups in total. The number of rotatable bonds is 2. The molecule has 0 aliphatic rings. The molecule has 1 aromatic carbocycles. The van der Waals surface area contributed by atoms with Crippen molar-refractivity contribution >= 4 is 27.5 Å². The first kappa shape index (κ1) is 12.1. The first-order valence-corrected chi connectivity index (χ1v) is 5.19. The molecule has 0 amide bonds. The van der Waals surface area contributed by atoms with E-state index in [2.05, 4.69) is 20.9 Å². The molecule has 0 unspecified atom stereocenters. The fourth-order valence-corrected chi connectivity index (χ4v) is 1.30. The van der Waals surface area contributed by atoms with E-state index in [1.165, 1.54) is 0 Å². The van der Waals surface area contributed by atoms with Crippen LogP contribution in [0.2, 0.25) is 0 Å². The van der Waals surface area contributed by atoms with Gasteiger partial charge in [-0.3, -0.25) is 0 Å². The molecule has 0 aromatic heterocycles. The highest BCUT2D eigenvalue weighted by atomic mass is 79.9. The van der Waals surface area contributed by atoms with Gasteiger partial charge in [0.1, 0.15) is 11.5 Å². The first-order valence-electron chi connectivity index (χ1n) is 4.40. The maximum Gasteiger partial charge on any atom is 0.153 e. The van der Waals surface area contributed by atoms with Crippen molar-refractivity contribution in [2.45, 2.75) is 13.8 Å². The van der Waals surface area contributed by atoms with E-state index in [0.717, 1.165) is 12.1 Å². The number of hydrogen-bond acceptors (Lipinski definition) is 1. The summed E-state index contributed by atoms with van der Waals surface area (Å²) in [5, 5.41) is 0. The van der Waals surface area contributed by atoms with Gasteiger partial charge in [-0.2, -0.15) is 0 Å². The molecule has 5 heteroatoms. The Morgan fingerprint density at radius 2 is 1.80 bits per heavy atom. The maximum atomic E-state index is 13.3. The Bertz CT molecular complexity index is 379. The van der Waals surface area contributed by atoms with E-state index in [1.807, 2.05) is 0 Å². The predicted molar refractivity (Wildman–Crippen MR) is 60.2 cm³/mol. The van der Waals surface area contributed by atoms with Gasteiger partial charge in [0, 0.05) is 10.4 Å². The molecule has 0 heterocycles. The van der Waals surface area contributed by atoms with Crippen LogP contribution in [0.25, 0.3) is 0 Å². The van der Waals surface area contributed by atoms with Crippen molar-refractivity contribution < 1.29 is 8.78 Å². The Hall–Kier alpha value is -0.970. The normalized spacial score (nSPS) is 12.3. The Labute approximate surface area is 95.3 Å². The fraction of sp³-hybridized carbons (Fsp3) is 0.300. The molecular weight excluding hydrogens is 266 g/mol. The molecule has 82 valence electrons. The van der Waals surface area contributed by atoms with Crippen LogP contribution in [0.3, 0.4) is 0 Å². The summed E-state index contributed by atoms with van der Waals surface area (Å²) in [6, 6.07) is 2.30. The van der Waals surface area contributed by atoms with Crippen LogP contribution in [-0.2, 0) is 0 Å². The average molecular weight is 277 g/mol. The lowest BCUT2D eigenvalue weighted by atomic mass is 10.2. The zero-order chi connectivity index (χ0) is 11.6. The highest BCUT2D eigenvalue weighted by Gasteiger charge is 2.11. The monoisotopic (exact) mass is 276 g/mol. The van der Waals surface area contributed by atoms with Crippen LogP contribution in [-0.4, -0.2) is 5.84 Å². The van der Waals surface area contributed by atoms with Gasteiger partial charge in [-0.25, -0.2) is 13.8 Å². The molecule has 1 rings (SSSR count). The molecule has 1 aromatic rings. The SMILES string of the molecule is CC(C)C(N)=Nc1c(F)cc(Br)cc1F. The zero-order valence-corrected chi connectivity index (χ0v) is 9.98. The topological polar surface area (TPSA) is 38.4 Å². The largest absolute Gasteiger partial charge is 0.387 e. The quantitative estimate of drug-likeness (QED) is 0.653. The van der Waals surface area contributed by atoms with Gasteiger partial charge in [0.05, 0.1) is 0 Å². The molecule has 0 saturated carbocycles. The highest BCUT2D eigenvalue weighted by Crippen LogP contribution is 2.26. The van der Waals surface area contributed by atoms with E-state index in [9.17, 15) is 8.78 Å². The highest BCUT2D eigenvalue weighted by molar-refractivity contribution is 9.10. The summed E-state index contributed by atoms with van der Waals surface area (Å²) in [5.41, 5.74) is 5.19. The van der Waals surface area contributed by atoms with Crippen LogP contribution in [0.15, 0.2) is 21.6 Å². The Morgan fingerprint density at radius 3 is 2.20 bits per heavy atom. The number of benzene rings is 1. The van der Waals surface area contributed by atoms with Crippen molar-refractivity contribution in [1.82, 2.24) is 0 Å².